The molecule has 9 heteroatoms. The van der Waals surface area contributed by atoms with Crippen LogP contribution in [0.5, 0.6) is 0 Å². The molecule has 0 atom stereocenters. The van der Waals surface area contributed by atoms with E-state index >= 15 is 0 Å². The Morgan fingerprint density at radius 1 is 1.05 bits per heavy atom. The highest BCUT2D eigenvalue weighted by atomic mass is 32.2. The van der Waals surface area contributed by atoms with Crippen LogP contribution in [0.4, 0.5) is 0 Å². The van der Waals surface area contributed by atoms with Gasteiger partial charge < -0.3 is 5.73 Å². The predicted molar refractivity (Wildman–Crippen MR) is 77.0 cm³/mol. The third-order valence-electron chi connectivity index (χ3n) is 2.50. The zero-order valence-corrected chi connectivity index (χ0v) is 12.8. The molecule has 0 aliphatic rings. The number of hydrogen-bond acceptors (Lipinski definition) is 5. The Bertz CT molecular complexity index is 624. The summed E-state index contributed by atoms with van der Waals surface area (Å²) in [6, 6.07) is 6.10. The molecule has 4 N–H and O–H groups in total. The van der Waals surface area contributed by atoms with Gasteiger partial charge in [0.2, 0.25) is 20.0 Å². The number of rotatable bonds is 8. The van der Waals surface area contributed by atoms with E-state index in [1.165, 1.54) is 12.1 Å². The minimum atomic E-state index is -3.71. The monoisotopic (exact) mass is 321 g/mol. The molecule has 0 fully saturated rings. The van der Waals surface area contributed by atoms with E-state index in [4.69, 9.17) is 5.73 Å². The summed E-state index contributed by atoms with van der Waals surface area (Å²) in [6.07, 6.45) is 0. The Balaban J connectivity index is 2.66. The molecule has 0 bridgehead atoms. The van der Waals surface area contributed by atoms with Gasteiger partial charge in [-0.15, -0.1) is 0 Å². The topological polar surface area (TPSA) is 118 Å². The Hall–Kier alpha value is -1.00. The number of hydrogen-bond donors (Lipinski definition) is 3. The van der Waals surface area contributed by atoms with Crippen LogP contribution in [0.25, 0.3) is 0 Å². The molecule has 1 rings (SSSR count). The maximum absolute atomic E-state index is 11.9. The SMILES string of the molecule is CCNS(=O)(=O)CCNS(=O)(=O)c1ccc(CN)cc1. The van der Waals surface area contributed by atoms with Crippen molar-refractivity contribution in [2.75, 3.05) is 18.8 Å². The van der Waals surface area contributed by atoms with Gasteiger partial charge >= 0.3 is 0 Å². The first-order chi connectivity index (χ1) is 9.30. The molecule has 1 aromatic carbocycles. The van der Waals surface area contributed by atoms with Crippen molar-refractivity contribution in [1.82, 2.24) is 9.44 Å². The van der Waals surface area contributed by atoms with Crippen LogP contribution in [-0.2, 0) is 26.6 Å². The van der Waals surface area contributed by atoms with Crippen LogP contribution in [0.3, 0.4) is 0 Å². The van der Waals surface area contributed by atoms with Gasteiger partial charge in [-0.2, -0.15) is 0 Å². The van der Waals surface area contributed by atoms with Gasteiger partial charge in [-0.05, 0) is 17.7 Å². The normalized spacial score (nSPS) is 12.5. The van der Waals surface area contributed by atoms with Crippen LogP contribution in [0, 0.1) is 0 Å². The van der Waals surface area contributed by atoms with Gasteiger partial charge in [0, 0.05) is 19.6 Å². The number of sulfonamides is 2. The lowest BCUT2D eigenvalue weighted by Gasteiger charge is -2.08. The highest BCUT2D eigenvalue weighted by Gasteiger charge is 2.15. The van der Waals surface area contributed by atoms with E-state index in [-0.39, 0.29) is 23.7 Å². The van der Waals surface area contributed by atoms with Crippen LogP contribution in [0.1, 0.15) is 12.5 Å². The first-order valence-corrected chi connectivity index (χ1v) is 9.20. The number of benzene rings is 1. The van der Waals surface area contributed by atoms with Gasteiger partial charge in [-0.25, -0.2) is 26.3 Å². The molecule has 0 heterocycles. The molecule has 0 aliphatic carbocycles. The minimum absolute atomic E-state index is 0.0792. The average molecular weight is 321 g/mol. The maximum Gasteiger partial charge on any atom is 0.240 e. The second-order valence-electron chi connectivity index (χ2n) is 4.06. The fraction of sp³-hybridized carbons (Fsp3) is 0.455. The summed E-state index contributed by atoms with van der Waals surface area (Å²) < 4.78 is 51.1. The van der Waals surface area contributed by atoms with Crippen LogP contribution in [-0.4, -0.2) is 35.7 Å². The fourth-order valence-corrected chi connectivity index (χ4v) is 3.61. The van der Waals surface area contributed by atoms with Gasteiger partial charge in [0.05, 0.1) is 10.6 Å². The van der Waals surface area contributed by atoms with E-state index < -0.39 is 20.0 Å². The molecule has 0 amide bonds. The third-order valence-corrected chi connectivity index (χ3v) is 5.44. The van der Waals surface area contributed by atoms with E-state index in [0.717, 1.165) is 5.56 Å². The summed E-state index contributed by atoms with van der Waals surface area (Å²) in [7, 11) is -7.15. The zero-order valence-electron chi connectivity index (χ0n) is 11.2. The zero-order chi connectivity index (χ0) is 15.2. The van der Waals surface area contributed by atoms with E-state index in [1.807, 2.05) is 0 Å². The van der Waals surface area contributed by atoms with Crippen molar-refractivity contribution in [3.63, 3.8) is 0 Å². The Labute approximate surface area is 119 Å². The summed E-state index contributed by atoms with van der Waals surface area (Å²) in [6.45, 7) is 2.07. The lowest BCUT2D eigenvalue weighted by Crippen LogP contribution is -2.34. The smallest absolute Gasteiger partial charge is 0.240 e. The van der Waals surface area contributed by atoms with Crippen LogP contribution in [0.2, 0.25) is 0 Å². The molecule has 114 valence electrons. The molecule has 0 saturated carbocycles. The quantitative estimate of drug-likeness (QED) is 0.589. The first kappa shape index (κ1) is 17.1. The van der Waals surface area contributed by atoms with Gasteiger partial charge in [0.1, 0.15) is 0 Å². The van der Waals surface area contributed by atoms with Crippen molar-refractivity contribution in [3.8, 4) is 0 Å². The summed E-state index contributed by atoms with van der Waals surface area (Å²) in [5.74, 6) is -0.305. The summed E-state index contributed by atoms with van der Waals surface area (Å²) in [4.78, 5) is 0.0792. The molecular formula is C11H19N3O4S2. The molecule has 20 heavy (non-hydrogen) atoms. The molecule has 7 nitrogen and oxygen atoms in total. The number of nitrogens with one attached hydrogen (secondary N) is 2. The highest BCUT2D eigenvalue weighted by molar-refractivity contribution is 7.90. The van der Waals surface area contributed by atoms with Gasteiger partial charge in [-0.3, -0.25) is 0 Å². The van der Waals surface area contributed by atoms with Crippen molar-refractivity contribution in [3.05, 3.63) is 29.8 Å². The van der Waals surface area contributed by atoms with Gasteiger partial charge in [0.25, 0.3) is 0 Å². The van der Waals surface area contributed by atoms with Crippen molar-refractivity contribution < 1.29 is 16.8 Å². The fourth-order valence-electron chi connectivity index (χ4n) is 1.49. The summed E-state index contributed by atoms with van der Waals surface area (Å²) in [5, 5.41) is 0. The third kappa shape index (κ3) is 5.17. The van der Waals surface area contributed by atoms with Crippen molar-refractivity contribution >= 4 is 20.0 Å². The van der Waals surface area contributed by atoms with Crippen molar-refractivity contribution in [2.45, 2.75) is 18.4 Å². The molecule has 0 aromatic heterocycles. The van der Waals surface area contributed by atoms with E-state index in [9.17, 15) is 16.8 Å². The predicted octanol–water partition coefficient (Wildman–Crippen LogP) is -0.637. The molecule has 0 saturated heterocycles. The second-order valence-corrected chi connectivity index (χ2v) is 7.76. The Kier molecular flexibility index (Phi) is 6.08. The highest BCUT2D eigenvalue weighted by Crippen LogP contribution is 2.09. The van der Waals surface area contributed by atoms with E-state index in [2.05, 4.69) is 9.44 Å². The molecule has 0 spiro atoms. The first-order valence-electron chi connectivity index (χ1n) is 6.07. The standard InChI is InChI=1S/C11H19N3O4S2/c1-2-13-19(15,16)8-7-14-20(17,18)11-5-3-10(9-12)4-6-11/h3-6,13-14H,2,7-9,12H2,1H3. The van der Waals surface area contributed by atoms with Crippen molar-refractivity contribution in [1.29, 1.82) is 0 Å². The van der Waals surface area contributed by atoms with E-state index in [1.54, 1.807) is 19.1 Å². The Morgan fingerprint density at radius 3 is 2.15 bits per heavy atom. The molecule has 1 aromatic rings. The summed E-state index contributed by atoms with van der Waals surface area (Å²) >= 11 is 0. The van der Waals surface area contributed by atoms with Gasteiger partial charge in [-0.1, -0.05) is 19.1 Å². The molecular weight excluding hydrogens is 302 g/mol. The minimum Gasteiger partial charge on any atom is -0.326 e. The van der Waals surface area contributed by atoms with Crippen LogP contribution >= 0.6 is 0 Å². The lowest BCUT2D eigenvalue weighted by molar-refractivity contribution is 0.576. The van der Waals surface area contributed by atoms with Crippen LogP contribution in [0.15, 0.2) is 29.2 Å². The lowest BCUT2D eigenvalue weighted by atomic mass is 10.2. The van der Waals surface area contributed by atoms with Gasteiger partial charge in [0.15, 0.2) is 0 Å². The summed E-state index contributed by atoms with van der Waals surface area (Å²) in [5.41, 5.74) is 6.24. The Morgan fingerprint density at radius 2 is 1.65 bits per heavy atom. The molecule has 0 radical (unpaired) electrons. The number of nitrogens with two attached hydrogens (primary N) is 1. The largest absolute Gasteiger partial charge is 0.326 e. The molecule has 0 unspecified atom stereocenters. The average Bonchev–Trinajstić information content (AvgIpc) is 2.38. The van der Waals surface area contributed by atoms with Crippen molar-refractivity contribution in [2.24, 2.45) is 5.73 Å². The van der Waals surface area contributed by atoms with Crippen LogP contribution < -0.4 is 15.2 Å². The molecule has 0 aliphatic heterocycles. The second kappa shape index (κ2) is 7.14. The maximum atomic E-state index is 11.9. The van der Waals surface area contributed by atoms with E-state index in [0.29, 0.717) is 6.54 Å².